The van der Waals surface area contributed by atoms with E-state index in [1.165, 1.54) is 5.56 Å². The first-order chi connectivity index (χ1) is 11.7. The number of aromatic nitrogens is 3. The molecule has 0 aliphatic carbocycles. The summed E-state index contributed by atoms with van der Waals surface area (Å²) in [4.78, 5) is 12.8. The molecule has 0 saturated carbocycles. The standard InChI is InChI=1S/C19H21N5/c1-14(2)9-15-5-3-6-16(10-15)24-19-21-12-18(13-22-19)23-17-7-4-8-20-11-17/h3-8,10-14,23H,9H2,1-2H3,(H,21,22,24). The normalized spacial score (nSPS) is 10.6. The summed E-state index contributed by atoms with van der Waals surface area (Å²) in [5, 5.41) is 6.46. The molecule has 24 heavy (non-hydrogen) atoms. The Bertz CT molecular complexity index is 769. The van der Waals surface area contributed by atoms with Gasteiger partial charge < -0.3 is 10.6 Å². The molecule has 1 aromatic carbocycles. The molecule has 0 aliphatic rings. The van der Waals surface area contributed by atoms with Crippen LogP contribution in [0.3, 0.4) is 0 Å². The quantitative estimate of drug-likeness (QED) is 0.697. The fraction of sp³-hybridized carbons (Fsp3) is 0.211. The van der Waals surface area contributed by atoms with E-state index in [2.05, 4.69) is 57.6 Å². The Morgan fingerprint density at radius 2 is 1.67 bits per heavy atom. The lowest BCUT2D eigenvalue weighted by molar-refractivity contribution is 0.647. The van der Waals surface area contributed by atoms with Crippen molar-refractivity contribution < 1.29 is 0 Å². The molecule has 0 saturated heterocycles. The fourth-order valence-corrected chi connectivity index (χ4v) is 2.44. The Morgan fingerprint density at radius 1 is 0.875 bits per heavy atom. The van der Waals surface area contributed by atoms with E-state index in [1.54, 1.807) is 24.8 Å². The highest BCUT2D eigenvalue weighted by Gasteiger charge is 2.02. The van der Waals surface area contributed by atoms with E-state index >= 15 is 0 Å². The summed E-state index contributed by atoms with van der Waals surface area (Å²) in [7, 11) is 0. The summed E-state index contributed by atoms with van der Waals surface area (Å²) in [5.41, 5.74) is 4.04. The Balaban J connectivity index is 1.66. The van der Waals surface area contributed by atoms with Gasteiger partial charge in [0.2, 0.25) is 5.95 Å². The molecule has 2 N–H and O–H groups in total. The Labute approximate surface area is 142 Å². The number of hydrogen-bond acceptors (Lipinski definition) is 5. The van der Waals surface area contributed by atoms with Gasteiger partial charge in [-0.05, 0) is 42.2 Å². The molecular weight excluding hydrogens is 298 g/mol. The molecule has 0 radical (unpaired) electrons. The van der Waals surface area contributed by atoms with Crippen LogP contribution in [0.25, 0.3) is 0 Å². The average Bonchev–Trinajstić information content (AvgIpc) is 2.57. The largest absolute Gasteiger partial charge is 0.352 e. The van der Waals surface area contributed by atoms with Gasteiger partial charge in [-0.15, -0.1) is 0 Å². The van der Waals surface area contributed by atoms with Crippen molar-refractivity contribution in [2.75, 3.05) is 10.6 Å². The molecule has 122 valence electrons. The molecule has 0 aliphatic heterocycles. The first kappa shape index (κ1) is 15.9. The molecule has 5 nitrogen and oxygen atoms in total. The number of rotatable bonds is 6. The number of hydrogen-bond donors (Lipinski definition) is 2. The maximum atomic E-state index is 4.36. The predicted molar refractivity (Wildman–Crippen MR) is 97.8 cm³/mol. The van der Waals surface area contributed by atoms with Crippen molar-refractivity contribution >= 4 is 23.0 Å². The van der Waals surface area contributed by atoms with E-state index in [-0.39, 0.29) is 0 Å². The first-order valence-electron chi connectivity index (χ1n) is 8.04. The van der Waals surface area contributed by atoms with Crippen molar-refractivity contribution in [3.05, 3.63) is 66.7 Å². The second-order valence-corrected chi connectivity index (χ2v) is 6.09. The SMILES string of the molecule is CC(C)Cc1cccc(Nc2ncc(Nc3cccnc3)cn2)c1. The van der Waals surface area contributed by atoms with Gasteiger partial charge in [0.1, 0.15) is 0 Å². The van der Waals surface area contributed by atoms with Crippen LogP contribution < -0.4 is 10.6 Å². The molecule has 3 aromatic rings. The molecule has 0 bridgehead atoms. The Kier molecular flexibility index (Phi) is 5.01. The Hall–Kier alpha value is -2.95. The molecule has 2 aromatic heterocycles. The van der Waals surface area contributed by atoms with Crippen LogP contribution in [0.2, 0.25) is 0 Å². The molecule has 0 fully saturated rings. The van der Waals surface area contributed by atoms with Gasteiger partial charge in [-0.2, -0.15) is 0 Å². The van der Waals surface area contributed by atoms with Crippen molar-refractivity contribution in [2.45, 2.75) is 20.3 Å². The maximum absolute atomic E-state index is 4.36. The average molecular weight is 319 g/mol. The van der Waals surface area contributed by atoms with Crippen LogP contribution >= 0.6 is 0 Å². The lowest BCUT2D eigenvalue weighted by atomic mass is 10.0. The van der Waals surface area contributed by atoms with Crippen LogP contribution in [0, 0.1) is 5.92 Å². The van der Waals surface area contributed by atoms with Crippen LogP contribution in [-0.4, -0.2) is 15.0 Å². The zero-order valence-corrected chi connectivity index (χ0v) is 13.9. The van der Waals surface area contributed by atoms with E-state index in [9.17, 15) is 0 Å². The predicted octanol–water partition coefficient (Wildman–Crippen LogP) is 4.56. The molecule has 0 unspecified atom stereocenters. The lowest BCUT2D eigenvalue weighted by Gasteiger charge is -2.09. The summed E-state index contributed by atoms with van der Waals surface area (Å²) in [6.45, 7) is 4.44. The van der Waals surface area contributed by atoms with Gasteiger partial charge in [0.25, 0.3) is 0 Å². The van der Waals surface area contributed by atoms with Gasteiger partial charge >= 0.3 is 0 Å². The van der Waals surface area contributed by atoms with E-state index in [0.717, 1.165) is 23.5 Å². The maximum Gasteiger partial charge on any atom is 0.227 e. The van der Waals surface area contributed by atoms with E-state index in [4.69, 9.17) is 0 Å². The molecule has 3 rings (SSSR count). The molecule has 2 heterocycles. The number of benzene rings is 1. The summed E-state index contributed by atoms with van der Waals surface area (Å²) in [6, 6.07) is 12.2. The fourth-order valence-electron chi connectivity index (χ4n) is 2.44. The van der Waals surface area contributed by atoms with Gasteiger partial charge in [-0.1, -0.05) is 26.0 Å². The summed E-state index contributed by atoms with van der Waals surface area (Å²) >= 11 is 0. The van der Waals surface area contributed by atoms with Crippen LogP contribution in [0.5, 0.6) is 0 Å². The number of nitrogens with zero attached hydrogens (tertiary/aromatic N) is 3. The van der Waals surface area contributed by atoms with Gasteiger partial charge in [0, 0.05) is 11.9 Å². The van der Waals surface area contributed by atoms with Gasteiger partial charge in [0.15, 0.2) is 0 Å². The van der Waals surface area contributed by atoms with Crippen molar-refractivity contribution in [1.29, 1.82) is 0 Å². The summed E-state index contributed by atoms with van der Waals surface area (Å²) in [5.74, 6) is 1.21. The first-order valence-corrected chi connectivity index (χ1v) is 8.04. The van der Waals surface area contributed by atoms with Crippen LogP contribution in [0.15, 0.2) is 61.2 Å². The minimum atomic E-state index is 0.577. The highest BCUT2D eigenvalue weighted by atomic mass is 15.1. The van der Waals surface area contributed by atoms with E-state index < -0.39 is 0 Å². The zero-order valence-electron chi connectivity index (χ0n) is 13.9. The monoisotopic (exact) mass is 319 g/mol. The lowest BCUT2D eigenvalue weighted by Crippen LogP contribution is -2.00. The third-order valence-electron chi connectivity index (χ3n) is 3.43. The van der Waals surface area contributed by atoms with Crippen molar-refractivity contribution in [3.63, 3.8) is 0 Å². The van der Waals surface area contributed by atoms with Crippen LogP contribution in [0.4, 0.5) is 23.0 Å². The third kappa shape index (κ3) is 4.52. The minimum absolute atomic E-state index is 0.577. The van der Waals surface area contributed by atoms with E-state index in [0.29, 0.717) is 11.9 Å². The highest BCUT2D eigenvalue weighted by molar-refractivity contribution is 5.59. The smallest absolute Gasteiger partial charge is 0.227 e. The number of nitrogens with one attached hydrogen (secondary N) is 2. The van der Waals surface area contributed by atoms with Crippen molar-refractivity contribution in [1.82, 2.24) is 15.0 Å². The van der Waals surface area contributed by atoms with Crippen molar-refractivity contribution in [2.24, 2.45) is 5.92 Å². The second-order valence-electron chi connectivity index (χ2n) is 6.09. The van der Waals surface area contributed by atoms with Crippen molar-refractivity contribution in [3.8, 4) is 0 Å². The third-order valence-corrected chi connectivity index (χ3v) is 3.43. The zero-order chi connectivity index (χ0) is 16.8. The molecule has 0 amide bonds. The summed E-state index contributed by atoms with van der Waals surface area (Å²) < 4.78 is 0. The molecule has 5 heteroatoms. The highest BCUT2D eigenvalue weighted by Crippen LogP contribution is 2.18. The molecular formula is C19H21N5. The topological polar surface area (TPSA) is 62.7 Å². The molecule has 0 atom stereocenters. The number of anilines is 4. The Morgan fingerprint density at radius 3 is 2.38 bits per heavy atom. The summed E-state index contributed by atoms with van der Waals surface area (Å²) in [6.07, 6.45) is 8.05. The van der Waals surface area contributed by atoms with Crippen LogP contribution in [0.1, 0.15) is 19.4 Å². The van der Waals surface area contributed by atoms with Gasteiger partial charge in [0.05, 0.1) is 30.0 Å². The molecule has 0 spiro atoms. The van der Waals surface area contributed by atoms with E-state index in [1.807, 2.05) is 18.2 Å². The van der Waals surface area contributed by atoms with Crippen LogP contribution in [-0.2, 0) is 6.42 Å². The van der Waals surface area contributed by atoms with Gasteiger partial charge in [-0.3, -0.25) is 4.98 Å². The number of pyridine rings is 1. The second kappa shape index (κ2) is 7.55. The minimum Gasteiger partial charge on any atom is -0.352 e. The van der Waals surface area contributed by atoms with Gasteiger partial charge in [-0.25, -0.2) is 9.97 Å².